The van der Waals surface area contributed by atoms with Crippen LogP contribution < -0.4 is 5.73 Å². The Hall–Kier alpha value is -2.91. The molecule has 2 heterocycles. The predicted molar refractivity (Wildman–Crippen MR) is 112 cm³/mol. The van der Waals surface area contributed by atoms with Crippen molar-refractivity contribution in [3.8, 4) is 0 Å². The topological polar surface area (TPSA) is 105 Å². The molecule has 4 rings (SSSR count). The van der Waals surface area contributed by atoms with Crippen LogP contribution >= 0.6 is 0 Å². The van der Waals surface area contributed by atoms with E-state index in [0.29, 0.717) is 19.4 Å². The van der Waals surface area contributed by atoms with Gasteiger partial charge < -0.3 is 10.6 Å². The molecule has 2 aliphatic heterocycles. The van der Waals surface area contributed by atoms with Crippen molar-refractivity contribution in [3.05, 3.63) is 65.7 Å². The molecule has 2 aromatic carbocycles. The second-order valence-electron chi connectivity index (χ2n) is 7.57. The average Bonchev–Trinajstić information content (AvgIpc) is 2.97. The van der Waals surface area contributed by atoms with E-state index in [1.165, 1.54) is 17.2 Å². The maximum Gasteiger partial charge on any atom is 0.344 e. The second kappa shape index (κ2) is 8.08. The molecule has 0 saturated carbocycles. The van der Waals surface area contributed by atoms with Crippen LogP contribution in [0.2, 0.25) is 0 Å². The Labute approximate surface area is 176 Å². The molecule has 2 bridgehead atoms. The van der Waals surface area contributed by atoms with Crippen LogP contribution in [0.5, 0.6) is 0 Å². The molecule has 0 aromatic heterocycles. The molecule has 9 heteroatoms. The van der Waals surface area contributed by atoms with Gasteiger partial charge >= 0.3 is 6.03 Å². The standard InChI is InChI=1S/C21H24N4O4S/c1-15-7-10-18(11-8-15)30(27,28)23-20(22)19-12-9-17-13-24(19)21(26)25(17)29-14-16-5-3-2-4-6-16/h2-8,10-11,17,19H,9,12-14H2,1H3,(H2,22,23)/t17-,19?/m1/s1. The van der Waals surface area contributed by atoms with Gasteiger partial charge in [0, 0.05) is 6.54 Å². The summed E-state index contributed by atoms with van der Waals surface area (Å²) < 4.78 is 29.0. The van der Waals surface area contributed by atoms with Crippen molar-refractivity contribution in [2.75, 3.05) is 6.54 Å². The summed E-state index contributed by atoms with van der Waals surface area (Å²) in [6, 6.07) is 15.0. The van der Waals surface area contributed by atoms with E-state index in [1.54, 1.807) is 17.0 Å². The van der Waals surface area contributed by atoms with E-state index >= 15 is 0 Å². The number of carbonyl (C=O) groups excluding carboxylic acids is 1. The number of amidine groups is 1. The SMILES string of the molecule is Cc1ccc(S(=O)(=O)/N=C(\N)C2CC[C@@H]3CN2C(=O)N3OCc2ccccc2)cc1. The van der Waals surface area contributed by atoms with Crippen LogP contribution in [0, 0.1) is 6.92 Å². The molecule has 2 N–H and O–H groups in total. The second-order valence-corrected chi connectivity index (χ2v) is 9.18. The fourth-order valence-electron chi connectivity index (χ4n) is 3.79. The van der Waals surface area contributed by atoms with Gasteiger partial charge in [0.05, 0.1) is 17.0 Å². The van der Waals surface area contributed by atoms with Crippen LogP contribution in [0.1, 0.15) is 24.0 Å². The first-order chi connectivity index (χ1) is 14.3. The molecule has 158 valence electrons. The minimum absolute atomic E-state index is 0.0744. The number of sulfonamides is 1. The lowest BCUT2D eigenvalue weighted by Gasteiger charge is -2.29. The highest BCUT2D eigenvalue weighted by Crippen LogP contribution is 2.31. The zero-order valence-electron chi connectivity index (χ0n) is 16.6. The van der Waals surface area contributed by atoms with E-state index < -0.39 is 16.1 Å². The van der Waals surface area contributed by atoms with Crippen molar-refractivity contribution < 1.29 is 18.0 Å². The average molecular weight is 429 g/mol. The summed E-state index contributed by atoms with van der Waals surface area (Å²) in [6.07, 6.45) is 1.18. The summed E-state index contributed by atoms with van der Waals surface area (Å²) in [5.41, 5.74) is 7.98. The maximum atomic E-state index is 12.9. The number of hydrogen-bond acceptors (Lipinski definition) is 4. The van der Waals surface area contributed by atoms with Gasteiger partial charge in [-0.3, -0.25) is 4.84 Å². The number of hydroxylamine groups is 2. The van der Waals surface area contributed by atoms with E-state index in [0.717, 1.165) is 11.1 Å². The van der Waals surface area contributed by atoms with Crippen molar-refractivity contribution in [2.24, 2.45) is 10.1 Å². The lowest BCUT2D eigenvalue weighted by molar-refractivity contribution is -0.140. The maximum absolute atomic E-state index is 12.9. The number of piperidine rings is 1. The lowest BCUT2D eigenvalue weighted by Crippen LogP contribution is -2.48. The third-order valence-electron chi connectivity index (χ3n) is 5.42. The minimum atomic E-state index is -3.94. The van der Waals surface area contributed by atoms with Gasteiger partial charge in [0.25, 0.3) is 10.0 Å². The lowest BCUT2D eigenvalue weighted by atomic mass is 10.0. The number of fused-ring (bicyclic) bond motifs is 2. The van der Waals surface area contributed by atoms with Gasteiger partial charge in [-0.2, -0.15) is 13.5 Å². The Morgan fingerprint density at radius 1 is 1.13 bits per heavy atom. The molecular formula is C21H24N4O4S. The Kier molecular flexibility index (Phi) is 5.48. The number of amides is 2. The van der Waals surface area contributed by atoms with E-state index in [2.05, 4.69) is 4.40 Å². The van der Waals surface area contributed by atoms with Crippen LogP contribution in [-0.2, 0) is 21.5 Å². The molecule has 2 fully saturated rings. The third kappa shape index (κ3) is 4.03. The summed E-state index contributed by atoms with van der Waals surface area (Å²) in [5, 5.41) is 1.38. The Bertz CT molecular complexity index is 1050. The summed E-state index contributed by atoms with van der Waals surface area (Å²) >= 11 is 0. The first-order valence-corrected chi connectivity index (χ1v) is 11.2. The van der Waals surface area contributed by atoms with Crippen LogP contribution in [-0.4, -0.2) is 48.9 Å². The normalized spacial score (nSPS) is 21.9. The zero-order chi connectivity index (χ0) is 21.3. The van der Waals surface area contributed by atoms with Crippen molar-refractivity contribution in [2.45, 2.75) is 43.4 Å². The number of rotatable bonds is 6. The fraction of sp³-hybridized carbons (Fsp3) is 0.333. The number of urea groups is 1. The van der Waals surface area contributed by atoms with Crippen LogP contribution in [0.15, 0.2) is 63.9 Å². The van der Waals surface area contributed by atoms with Gasteiger partial charge in [0.15, 0.2) is 0 Å². The van der Waals surface area contributed by atoms with Crippen molar-refractivity contribution >= 4 is 21.9 Å². The Balaban J connectivity index is 1.48. The molecule has 2 atom stereocenters. The van der Waals surface area contributed by atoms with E-state index in [9.17, 15) is 13.2 Å². The largest absolute Gasteiger partial charge is 0.385 e. The molecule has 2 saturated heterocycles. The number of nitrogens with zero attached hydrogens (tertiary/aromatic N) is 3. The van der Waals surface area contributed by atoms with Crippen molar-refractivity contribution in [1.82, 2.24) is 9.96 Å². The molecule has 0 radical (unpaired) electrons. The summed E-state index contributed by atoms with van der Waals surface area (Å²) in [4.78, 5) is 20.2. The number of carbonyl (C=O) groups is 1. The van der Waals surface area contributed by atoms with E-state index in [1.807, 2.05) is 37.3 Å². The van der Waals surface area contributed by atoms with Gasteiger partial charge in [-0.25, -0.2) is 4.79 Å². The number of benzene rings is 2. The molecule has 1 unspecified atom stereocenters. The monoisotopic (exact) mass is 428 g/mol. The van der Waals surface area contributed by atoms with Crippen molar-refractivity contribution in [3.63, 3.8) is 0 Å². The van der Waals surface area contributed by atoms with Gasteiger partial charge in [0.1, 0.15) is 12.4 Å². The van der Waals surface area contributed by atoms with Gasteiger partial charge in [-0.1, -0.05) is 48.0 Å². The molecule has 8 nitrogen and oxygen atoms in total. The first-order valence-electron chi connectivity index (χ1n) is 9.79. The quantitative estimate of drug-likeness (QED) is 0.562. The Morgan fingerprint density at radius 3 is 2.53 bits per heavy atom. The highest BCUT2D eigenvalue weighted by molar-refractivity contribution is 7.90. The van der Waals surface area contributed by atoms with Crippen LogP contribution in [0.4, 0.5) is 4.79 Å². The third-order valence-corrected chi connectivity index (χ3v) is 6.74. The highest BCUT2D eigenvalue weighted by atomic mass is 32.2. The predicted octanol–water partition coefficient (Wildman–Crippen LogP) is 2.44. The van der Waals surface area contributed by atoms with Gasteiger partial charge in [-0.15, -0.1) is 4.40 Å². The number of aryl methyl sites for hydroxylation is 1. The molecule has 2 aromatic rings. The van der Waals surface area contributed by atoms with E-state index in [-0.39, 0.29) is 29.4 Å². The molecule has 30 heavy (non-hydrogen) atoms. The summed E-state index contributed by atoms with van der Waals surface area (Å²) in [6.45, 7) is 2.59. The molecule has 2 aliphatic rings. The highest BCUT2D eigenvalue weighted by Gasteiger charge is 2.47. The van der Waals surface area contributed by atoms with E-state index in [4.69, 9.17) is 10.6 Å². The van der Waals surface area contributed by atoms with Gasteiger partial charge in [-0.05, 0) is 37.5 Å². The molecular weight excluding hydrogens is 404 g/mol. The number of nitrogens with two attached hydrogens (primary N) is 1. The molecule has 2 amide bonds. The molecule has 0 spiro atoms. The fourth-order valence-corrected chi connectivity index (χ4v) is 4.77. The van der Waals surface area contributed by atoms with Crippen LogP contribution in [0.3, 0.4) is 0 Å². The zero-order valence-corrected chi connectivity index (χ0v) is 17.5. The summed E-state index contributed by atoms with van der Waals surface area (Å²) in [5.74, 6) is -0.0766. The Morgan fingerprint density at radius 2 is 1.83 bits per heavy atom. The summed E-state index contributed by atoms with van der Waals surface area (Å²) in [7, 11) is -3.94. The minimum Gasteiger partial charge on any atom is -0.385 e. The smallest absolute Gasteiger partial charge is 0.344 e. The van der Waals surface area contributed by atoms with Crippen LogP contribution in [0.25, 0.3) is 0 Å². The van der Waals surface area contributed by atoms with Crippen molar-refractivity contribution in [1.29, 1.82) is 0 Å². The van der Waals surface area contributed by atoms with Gasteiger partial charge in [0.2, 0.25) is 0 Å². The molecule has 0 aliphatic carbocycles. The number of hydrogen-bond donors (Lipinski definition) is 1. The first kappa shape index (κ1) is 20.4.